The van der Waals surface area contributed by atoms with Gasteiger partial charge >= 0.3 is 0 Å². The van der Waals surface area contributed by atoms with Gasteiger partial charge in [-0.3, -0.25) is 0 Å². The molecule has 0 amide bonds. The molecule has 1 aromatic rings. The first-order valence-electron chi connectivity index (χ1n) is 5.88. The van der Waals surface area contributed by atoms with Crippen molar-refractivity contribution in [2.75, 3.05) is 31.1 Å². The number of hydrogen-bond acceptors (Lipinski definition) is 4. The van der Waals surface area contributed by atoms with Crippen molar-refractivity contribution >= 4 is 16.5 Å². The van der Waals surface area contributed by atoms with E-state index in [2.05, 4.69) is 10.2 Å². The summed E-state index contributed by atoms with van der Waals surface area (Å²) in [5.41, 5.74) is 1.39. The summed E-state index contributed by atoms with van der Waals surface area (Å²) in [6, 6.07) is 0. The smallest absolute Gasteiger partial charge is 0.185 e. The Morgan fingerprint density at radius 1 is 1.13 bits per heavy atom. The fourth-order valence-corrected chi connectivity index (χ4v) is 3.53. The summed E-state index contributed by atoms with van der Waals surface area (Å²) < 4.78 is 0. The first-order valence-corrected chi connectivity index (χ1v) is 6.69. The van der Waals surface area contributed by atoms with Crippen molar-refractivity contribution in [1.29, 1.82) is 0 Å². The first-order chi connectivity index (χ1) is 7.43. The topological polar surface area (TPSA) is 28.2 Å². The normalized spacial score (nSPS) is 21.5. The lowest BCUT2D eigenvalue weighted by Gasteiger charge is -2.26. The minimum absolute atomic E-state index is 1.10. The van der Waals surface area contributed by atoms with Crippen molar-refractivity contribution in [3.05, 3.63) is 10.6 Å². The molecule has 1 fully saturated rings. The Kier molecular flexibility index (Phi) is 2.63. The number of piperazine rings is 1. The molecule has 1 aliphatic heterocycles. The largest absolute Gasteiger partial charge is 0.346 e. The Morgan fingerprint density at radius 2 is 1.93 bits per heavy atom. The molecular weight excluding hydrogens is 206 g/mol. The molecule has 82 valence electrons. The minimum Gasteiger partial charge on any atom is -0.346 e. The highest BCUT2D eigenvalue weighted by atomic mass is 32.1. The van der Waals surface area contributed by atoms with Crippen molar-refractivity contribution in [1.82, 2.24) is 10.3 Å². The van der Waals surface area contributed by atoms with Gasteiger partial charge in [-0.1, -0.05) is 0 Å². The maximum Gasteiger partial charge on any atom is 0.185 e. The zero-order valence-electron chi connectivity index (χ0n) is 8.96. The van der Waals surface area contributed by atoms with Gasteiger partial charge in [0.1, 0.15) is 0 Å². The molecular formula is C11H17N3S. The van der Waals surface area contributed by atoms with Gasteiger partial charge in [0.05, 0.1) is 5.69 Å². The Hall–Kier alpha value is -0.610. The third-order valence-corrected chi connectivity index (χ3v) is 4.44. The molecule has 15 heavy (non-hydrogen) atoms. The van der Waals surface area contributed by atoms with Gasteiger partial charge in [-0.2, -0.15) is 0 Å². The van der Waals surface area contributed by atoms with E-state index in [4.69, 9.17) is 4.98 Å². The molecule has 4 heteroatoms. The van der Waals surface area contributed by atoms with Crippen molar-refractivity contribution in [3.8, 4) is 0 Å². The maximum absolute atomic E-state index is 4.79. The van der Waals surface area contributed by atoms with Crippen molar-refractivity contribution < 1.29 is 0 Å². The van der Waals surface area contributed by atoms with Crippen LogP contribution >= 0.6 is 11.3 Å². The molecule has 1 N–H and O–H groups in total. The maximum atomic E-state index is 4.79. The summed E-state index contributed by atoms with van der Waals surface area (Å²) in [5, 5.41) is 4.65. The molecule has 0 bridgehead atoms. The molecule has 0 saturated carbocycles. The van der Waals surface area contributed by atoms with Crippen LogP contribution in [0.2, 0.25) is 0 Å². The lowest BCUT2D eigenvalue weighted by Crippen LogP contribution is -2.43. The van der Waals surface area contributed by atoms with Crippen molar-refractivity contribution in [3.63, 3.8) is 0 Å². The zero-order chi connectivity index (χ0) is 10.1. The third-order valence-electron chi connectivity index (χ3n) is 3.22. The van der Waals surface area contributed by atoms with Gasteiger partial charge in [0.25, 0.3) is 0 Å². The molecule has 0 unspecified atom stereocenters. The first kappa shape index (κ1) is 9.60. The molecule has 0 spiro atoms. The van der Waals surface area contributed by atoms with E-state index in [0.29, 0.717) is 0 Å². The summed E-state index contributed by atoms with van der Waals surface area (Å²) in [5.74, 6) is 0. The van der Waals surface area contributed by atoms with E-state index < -0.39 is 0 Å². The summed E-state index contributed by atoms with van der Waals surface area (Å²) in [7, 11) is 0. The van der Waals surface area contributed by atoms with Crippen LogP contribution in [0, 0.1) is 0 Å². The van der Waals surface area contributed by atoms with E-state index in [9.17, 15) is 0 Å². The van der Waals surface area contributed by atoms with Crippen LogP contribution in [-0.4, -0.2) is 31.2 Å². The van der Waals surface area contributed by atoms with E-state index >= 15 is 0 Å². The Morgan fingerprint density at radius 3 is 2.73 bits per heavy atom. The van der Waals surface area contributed by atoms with Gasteiger partial charge in [0.2, 0.25) is 0 Å². The predicted octanol–water partition coefficient (Wildman–Crippen LogP) is 1.43. The number of nitrogens with one attached hydrogen (secondary N) is 1. The van der Waals surface area contributed by atoms with Crippen LogP contribution in [-0.2, 0) is 12.8 Å². The molecule has 3 rings (SSSR count). The second-order valence-corrected chi connectivity index (χ2v) is 5.37. The zero-order valence-corrected chi connectivity index (χ0v) is 9.78. The van der Waals surface area contributed by atoms with Crippen LogP contribution in [0.4, 0.5) is 5.13 Å². The SMILES string of the molecule is C1CCc2sc(N3CCNCC3)nc2C1. The standard InChI is InChI=1S/C11H17N3S/c1-2-4-10-9(3-1)13-11(15-10)14-7-5-12-6-8-14/h12H,1-8H2. The summed E-state index contributed by atoms with van der Waals surface area (Å²) >= 11 is 1.93. The molecule has 2 heterocycles. The highest BCUT2D eigenvalue weighted by Crippen LogP contribution is 2.31. The summed E-state index contributed by atoms with van der Waals surface area (Å²) in [4.78, 5) is 8.77. The second-order valence-electron chi connectivity index (χ2n) is 4.31. The van der Waals surface area contributed by atoms with Crippen molar-refractivity contribution in [2.24, 2.45) is 0 Å². The minimum atomic E-state index is 1.10. The predicted molar refractivity (Wildman–Crippen MR) is 63.8 cm³/mol. The van der Waals surface area contributed by atoms with E-state index in [1.165, 1.54) is 36.5 Å². The number of nitrogens with zero attached hydrogens (tertiary/aromatic N) is 2. The highest BCUT2D eigenvalue weighted by Gasteiger charge is 2.19. The fourth-order valence-electron chi connectivity index (χ4n) is 2.33. The lowest BCUT2D eigenvalue weighted by atomic mass is 10.0. The van der Waals surface area contributed by atoms with Crippen LogP contribution in [0.5, 0.6) is 0 Å². The number of anilines is 1. The average molecular weight is 223 g/mol. The van der Waals surface area contributed by atoms with Crippen LogP contribution in [0.25, 0.3) is 0 Å². The Balaban J connectivity index is 1.82. The number of aryl methyl sites for hydroxylation is 2. The van der Waals surface area contributed by atoms with Gasteiger partial charge in [-0.25, -0.2) is 4.98 Å². The van der Waals surface area contributed by atoms with Gasteiger partial charge in [0.15, 0.2) is 5.13 Å². The van der Waals surface area contributed by atoms with Gasteiger partial charge < -0.3 is 10.2 Å². The average Bonchev–Trinajstić information content (AvgIpc) is 2.74. The number of aromatic nitrogens is 1. The van der Waals surface area contributed by atoms with Crippen LogP contribution in [0.1, 0.15) is 23.4 Å². The molecule has 0 atom stereocenters. The van der Waals surface area contributed by atoms with Gasteiger partial charge in [-0.15, -0.1) is 11.3 Å². The van der Waals surface area contributed by atoms with Crippen LogP contribution in [0.15, 0.2) is 0 Å². The number of rotatable bonds is 1. The van der Waals surface area contributed by atoms with Crippen LogP contribution in [0.3, 0.4) is 0 Å². The molecule has 3 nitrogen and oxygen atoms in total. The Bertz CT molecular complexity index is 318. The molecule has 2 aliphatic rings. The fraction of sp³-hybridized carbons (Fsp3) is 0.727. The molecule has 0 aromatic carbocycles. The molecule has 1 saturated heterocycles. The van der Waals surface area contributed by atoms with E-state index in [0.717, 1.165) is 26.2 Å². The number of thiazole rings is 1. The molecule has 1 aromatic heterocycles. The summed E-state index contributed by atoms with van der Waals surface area (Å²) in [6.45, 7) is 4.44. The second kappa shape index (κ2) is 4.10. The molecule has 1 aliphatic carbocycles. The number of fused-ring (bicyclic) bond motifs is 1. The number of hydrogen-bond donors (Lipinski definition) is 1. The Labute approximate surface area is 94.5 Å². The van der Waals surface area contributed by atoms with E-state index in [-0.39, 0.29) is 0 Å². The monoisotopic (exact) mass is 223 g/mol. The molecule has 0 radical (unpaired) electrons. The van der Waals surface area contributed by atoms with E-state index in [1.807, 2.05) is 11.3 Å². The quantitative estimate of drug-likeness (QED) is 0.780. The van der Waals surface area contributed by atoms with Crippen molar-refractivity contribution in [2.45, 2.75) is 25.7 Å². The highest BCUT2D eigenvalue weighted by molar-refractivity contribution is 7.15. The summed E-state index contributed by atoms with van der Waals surface area (Å²) in [6.07, 6.45) is 5.16. The van der Waals surface area contributed by atoms with Crippen LogP contribution < -0.4 is 10.2 Å². The van der Waals surface area contributed by atoms with E-state index in [1.54, 1.807) is 4.88 Å². The van der Waals surface area contributed by atoms with Gasteiger partial charge in [0, 0.05) is 31.1 Å². The lowest BCUT2D eigenvalue weighted by molar-refractivity contribution is 0.587. The third kappa shape index (κ3) is 1.88. The van der Waals surface area contributed by atoms with Gasteiger partial charge in [-0.05, 0) is 25.7 Å².